The first-order chi connectivity index (χ1) is 12.1. The molecule has 2 aromatic carbocycles. The van der Waals surface area contributed by atoms with Gasteiger partial charge in [-0.1, -0.05) is 36.4 Å². The fraction of sp³-hybridized carbons (Fsp3) is 0.263. The van der Waals surface area contributed by atoms with Crippen molar-refractivity contribution in [1.29, 1.82) is 0 Å². The molecule has 1 amide bonds. The molecule has 2 aromatic rings. The monoisotopic (exact) mass is 341 g/mol. The minimum absolute atomic E-state index is 0.0786. The second-order valence-corrected chi connectivity index (χ2v) is 5.80. The maximum Gasteiger partial charge on any atom is 0.326 e. The lowest BCUT2D eigenvalue weighted by atomic mass is 10.1. The van der Waals surface area contributed by atoms with E-state index in [1.807, 2.05) is 30.3 Å². The Hall–Kier alpha value is -3.02. The van der Waals surface area contributed by atoms with E-state index < -0.39 is 12.0 Å². The van der Waals surface area contributed by atoms with Crippen LogP contribution in [0.3, 0.4) is 0 Å². The Kier molecular flexibility index (Phi) is 5.18. The van der Waals surface area contributed by atoms with E-state index in [0.717, 1.165) is 11.1 Å². The maximum atomic E-state index is 12.2. The number of carbonyl (C=O) groups excluding carboxylic acids is 1. The van der Waals surface area contributed by atoms with Crippen LogP contribution < -0.4 is 14.8 Å². The Bertz CT molecular complexity index is 760. The Balaban J connectivity index is 1.62. The zero-order valence-electron chi connectivity index (χ0n) is 13.6. The van der Waals surface area contributed by atoms with E-state index in [1.54, 1.807) is 18.2 Å². The van der Waals surface area contributed by atoms with Crippen molar-refractivity contribution in [2.24, 2.45) is 0 Å². The van der Waals surface area contributed by atoms with Gasteiger partial charge in [-0.25, -0.2) is 4.79 Å². The Labute approximate surface area is 145 Å². The summed E-state index contributed by atoms with van der Waals surface area (Å²) < 4.78 is 10.9. The van der Waals surface area contributed by atoms with E-state index in [2.05, 4.69) is 5.32 Å². The molecule has 6 heteroatoms. The number of rotatable bonds is 6. The topological polar surface area (TPSA) is 84.9 Å². The third-order valence-electron chi connectivity index (χ3n) is 3.89. The highest BCUT2D eigenvalue weighted by molar-refractivity contribution is 5.85. The van der Waals surface area contributed by atoms with Gasteiger partial charge in [0.15, 0.2) is 11.5 Å². The number of fused-ring (bicyclic) bond motifs is 1. The van der Waals surface area contributed by atoms with Crippen LogP contribution in [0.1, 0.15) is 11.1 Å². The van der Waals surface area contributed by atoms with Gasteiger partial charge >= 0.3 is 5.97 Å². The summed E-state index contributed by atoms with van der Waals surface area (Å²) in [4.78, 5) is 23.7. The molecule has 1 atom stereocenters. The van der Waals surface area contributed by atoms with Crippen molar-refractivity contribution in [1.82, 2.24) is 5.32 Å². The molecule has 0 aliphatic carbocycles. The molecule has 0 radical (unpaired) electrons. The summed E-state index contributed by atoms with van der Waals surface area (Å²) in [6.45, 7) is 0.980. The summed E-state index contributed by atoms with van der Waals surface area (Å²) in [6.07, 6.45) is 0.318. The van der Waals surface area contributed by atoms with Crippen molar-refractivity contribution in [3.05, 3.63) is 59.7 Å². The van der Waals surface area contributed by atoms with Crippen LogP contribution in [0.5, 0.6) is 11.5 Å². The van der Waals surface area contributed by atoms with Gasteiger partial charge in [0.25, 0.3) is 0 Å². The molecule has 1 unspecified atom stereocenters. The standard InChI is InChI=1S/C19H19NO5/c21-18(12-14-6-7-16-17(11-14)25-9-8-24-16)20-15(19(22)23)10-13-4-2-1-3-5-13/h1-7,11,15H,8-10,12H2,(H,20,21)(H,22,23). The number of amides is 1. The molecule has 0 aromatic heterocycles. The van der Waals surface area contributed by atoms with Crippen molar-refractivity contribution in [3.8, 4) is 11.5 Å². The lowest BCUT2D eigenvalue weighted by Crippen LogP contribution is -2.43. The van der Waals surface area contributed by atoms with Crippen molar-refractivity contribution < 1.29 is 24.2 Å². The van der Waals surface area contributed by atoms with Gasteiger partial charge in [0.2, 0.25) is 5.91 Å². The molecule has 0 saturated carbocycles. The molecule has 25 heavy (non-hydrogen) atoms. The highest BCUT2D eigenvalue weighted by Crippen LogP contribution is 2.30. The number of carbonyl (C=O) groups is 2. The molecule has 3 rings (SSSR count). The van der Waals surface area contributed by atoms with E-state index in [0.29, 0.717) is 24.7 Å². The number of nitrogens with one attached hydrogen (secondary N) is 1. The Morgan fingerprint density at radius 1 is 1.00 bits per heavy atom. The van der Waals surface area contributed by atoms with E-state index in [9.17, 15) is 14.7 Å². The molecule has 2 N–H and O–H groups in total. The highest BCUT2D eigenvalue weighted by Gasteiger charge is 2.21. The van der Waals surface area contributed by atoms with Gasteiger partial charge in [0.05, 0.1) is 6.42 Å². The number of benzene rings is 2. The highest BCUT2D eigenvalue weighted by atomic mass is 16.6. The maximum absolute atomic E-state index is 12.2. The van der Waals surface area contributed by atoms with Gasteiger partial charge in [0.1, 0.15) is 19.3 Å². The Morgan fingerprint density at radius 2 is 1.72 bits per heavy atom. The lowest BCUT2D eigenvalue weighted by Gasteiger charge is -2.19. The van der Waals surface area contributed by atoms with Gasteiger partial charge in [-0.3, -0.25) is 4.79 Å². The van der Waals surface area contributed by atoms with Crippen molar-refractivity contribution in [2.75, 3.05) is 13.2 Å². The van der Waals surface area contributed by atoms with E-state index in [-0.39, 0.29) is 18.7 Å². The predicted molar refractivity (Wildman–Crippen MR) is 90.8 cm³/mol. The quantitative estimate of drug-likeness (QED) is 0.837. The van der Waals surface area contributed by atoms with Crippen LogP contribution >= 0.6 is 0 Å². The first-order valence-electron chi connectivity index (χ1n) is 8.06. The van der Waals surface area contributed by atoms with E-state index in [4.69, 9.17) is 9.47 Å². The fourth-order valence-corrected chi connectivity index (χ4v) is 2.68. The number of hydrogen-bond acceptors (Lipinski definition) is 4. The molecule has 130 valence electrons. The summed E-state index contributed by atoms with van der Waals surface area (Å²) in [5.74, 6) is -0.141. The van der Waals surface area contributed by atoms with E-state index in [1.165, 1.54) is 0 Å². The molecular weight excluding hydrogens is 322 g/mol. The molecule has 1 heterocycles. The minimum Gasteiger partial charge on any atom is -0.486 e. The normalized spacial score (nSPS) is 13.8. The number of carboxylic acids is 1. The first kappa shape index (κ1) is 16.8. The Morgan fingerprint density at radius 3 is 2.44 bits per heavy atom. The third-order valence-corrected chi connectivity index (χ3v) is 3.89. The van der Waals surface area contributed by atoms with Crippen molar-refractivity contribution in [2.45, 2.75) is 18.9 Å². The van der Waals surface area contributed by atoms with Crippen LogP contribution in [0.15, 0.2) is 48.5 Å². The third kappa shape index (κ3) is 4.50. The van der Waals surface area contributed by atoms with Crippen LogP contribution in [0.2, 0.25) is 0 Å². The minimum atomic E-state index is -1.06. The predicted octanol–water partition coefficient (Wildman–Crippen LogP) is 1.81. The van der Waals surface area contributed by atoms with Crippen LogP contribution in [0.4, 0.5) is 0 Å². The smallest absolute Gasteiger partial charge is 0.326 e. The molecular formula is C19H19NO5. The van der Waals surface area contributed by atoms with Gasteiger partial charge in [-0.2, -0.15) is 0 Å². The summed E-state index contributed by atoms with van der Waals surface area (Å²) >= 11 is 0. The van der Waals surface area contributed by atoms with E-state index >= 15 is 0 Å². The summed E-state index contributed by atoms with van der Waals surface area (Å²) in [5.41, 5.74) is 1.60. The van der Waals surface area contributed by atoms with Gasteiger partial charge < -0.3 is 19.9 Å². The average Bonchev–Trinajstić information content (AvgIpc) is 2.62. The summed E-state index contributed by atoms with van der Waals surface area (Å²) in [6, 6.07) is 13.5. The van der Waals surface area contributed by atoms with Crippen LogP contribution in [-0.4, -0.2) is 36.2 Å². The van der Waals surface area contributed by atoms with Gasteiger partial charge in [-0.05, 0) is 23.3 Å². The lowest BCUT2D eigenvalue weighted by molar-refractivity contribution is -0.141. The molecule has 1 aliphatic heterocycles. The van der Waals surface area contributed by atoms with Crippen LogP contribution in [-0.2, 0) is 22.4 Å². The van der Waals surface area contributed by atoms with Crippen LogP contribution in [0, 0.1) is 0 Å². The van der Waals surface area contributed by atoms with Crippen LogP contribution in [0.25, 0.3) is 0 Å². The number of ether oxygens (including phenoxy) is 2. The van der Waals surface area contributed by atoms with Gasteiger partial charge in [-0.15, -0.1) is 0 Å². The van der Waals surface area contributed by atoms with Gasteiger partial charge in [0, 0.05) is 6.42 Å². The SMILES string of the molecule is O=C(Cc1ccc2c(c1)OCCO2)NC(Cc1ccccc1)C(=O)O. The number of carboxylic acid groups (broad SMARTS) is 1. The first-order valence-corrected chi connectivity index (χ1v) is 8.06. The zero-order valence-corrected chi connectivity index (χ0v) is 13.6. The summed E-state index contributed by atoms with van der Waals surface area (Å²) in [7, 11) is 0. The molecule has 6 nitrogen and oxygen atoms in total. The fourth-order valence-electron chi connectivity index (χ4n) is 2.68. The second-order valence-electron chi connectivity index (χ2n) is 5.80. The average molecular weight is 341 g/mol. The molecule has 0 fully saturated rings. The molecule has 0 spiro atoms. The van der Waals surface area contributed by atoms with Crippen molar-refractivity contribution in [3.63, 3.8) is 0 Å². The molecule has 0 bridgehead atoms. The van der Waals surface area contributed by atoms with Crippen molar-refractivity contribution >= 4 is 11.9 Å². The molecule has 0 saturated heterocycles. The number of hydrogen-bond donors (Lipinski definition) is 2. The zero-order chi connectivity index (χ0) is 17.6. The number of aliphatic carboxylic acids is 1. The second kappa shape index (κ2) is 7.70. The molecule has 1 aliphatic rings. The summed E-state index contributed by atoms with van der Waals surface area (Å²) in [5, 5.41) is 11.9. The largest absolute Gasteiger partial charge is 0.486 e.